The molecular weight excluding hydrogens is 264 g/mol. The highest BCUT2D eigenvalue weighted by molar-refractivity contribution is 7.16. The highest BCUT2D eigenvalue weighted by Crippen LogP contribution is 2.17. The lowest BCUT2D eigenvalue weighted by Crippen LogP contribution is -2.23. The van der Waals surface area contributed by atoms with Crippen LogP contribution in [0.2, 0.25) is 0 Å². The Labute approximate surface area is 113 Å². The van der Waals surface area contributed by atoms with Crippen molar-refractivity contribution in [2.24, 2.45) is 0 Å². The minimum absolute atomic E-state index is 0.171. The van der Waals surface area contributed by atoms with Crippen molar-refractivity contribution in [3.8, 4) is 0 Å². The molecule has 1 N–H and O–H groups in total. The van der Waals surface area contributed by atoms with Crippen molar-refractivity contribution in [1.29, 1.82) is 0 Å². The number of hydrogen-bond acceptors (Lipinski definition) is 5. The summed E-state index contributed by atoms with van der Waals surface area (Å²) in [6, 6.07) is 1.63. The molecule has 1 amide bonds. The number of aromatic nitrogens is 3. The molecule has 0 atom stereocenters. The molecule has 0 bridgehead atoms. The first kappa shape index (κ1) is 11.9. The number of imidazole rings is 1. The first-order chi connectivity index (χ1) is 9.15. The molecule has 3 rings (SSSR count). The molecule has 0 unspecified atom stereocenters. The van der Waals surface area contributed by atoms with Crippen molar-refractivity contribution in [2.75, 3.05) is 0 Å². The first-order valence-corrected chi connectivity index (χ1v) is 6.59. The predicted octanol–water partition coefficient (Wildman–Crippen LogP) is 1.93. The van der Waals surface area contributed by atoms with Gasteiger partial charge in [-0.15, -0.1) is 0 Å². The zero-order valence-electron chi connectivity index (χ0n) is 10.5. The van der Waals surface area contributed by atoms with E-state index in [0.717, 1.165) is 21.4 Å². The second-order valence-corrected chi connectivity index (χ2v) is 5.31. The molecule has 0 aliphatic heterocycles. The zero-order chi connectivity index (χ0) is 13.4. The normalized spacial score (nSPS) is 11.1. The number of furan rings is 1. The van der Waals surface area contributed by atoms with Crippen molar-refractivity contribution in [3.05, 3.63) is 40.6 Å². The first-order valence-electron chi connectivity index (χ1n) is 5.77. The fraction of sp³-hybridized carbons (Fsp3) is 0.250. The molecule has 3 aromatic rings. The maximum atomic E-state index is 11.8. The standard InChI is InChI=1S/C12H12N4O2S/c1-7-10(16-12(14-7)19-8(2)15-16)5-13-11(17)9-3-4-18-6-9/h3-4,6H,5H2,1-2H3,(H,13,17). The molecule has 3 aromatic heterocycles. The number of amides is 1. The maximum absolute atomic E-state index is 11.8. The van der Waals surface area contributed by atoms with E-state index < -0.39 is 0 Å². The Bertz CT molecular complexity index is 726. The summed E-state index contributed by atoms with van der Waals surface area (Å²) in [5.41, 5.74) is 2.29. The molecule has 0 aromatic carbocycles. The third-order valence-electron chi connectivity index (χ3n) is 2.80. The summed E-state index contributed by atoms with van der Waals surface area (Å²) in [7, 11) is 0. The van der Waals surface area contributed by atoms with E-state index in [2.05, 4.69) is 15.4 Å². The number of aryl methyl sites for hydroxylation is 2. The van der Waals surface area contributed by atoms with E-state index in [1.165, 1.54) is 23.9 Å². The zero-order valence-corrected chi connectivity index (χ0v) is 11.3. The Morgan fingerprint density at radius 3 is 3.11 bits per heavy atom. The lowest BCUT2D eigenvalue weighted by atomic mass is 10.3. The summed E-state index contributed by atoms with van der Waals surface area (Å²) in [6.45, 7) is 4.23. The Morgan fingerprint density at radius 1 is 1.53 bits per heavy atom. The van der Waals surface area contributed by atoms with Gasteiger partial charge in [0.2, 0.25) is 4.96 Å². The summed E-state index contributed by atoms with van der Waals surface area (Å²) in [6.07, 6.45) is 2.89. The van der Waals surface area contributed by atoms with Gasteiger partial charge in [0.15, 0.2) is 0 Å². The second-order valence-electron chi connectivity index (χ2n) is 4.15. The van der Waals surface area contributed by atoms with Crippen LogP contribution >= 0.6 is 11.3 Å². The van der Waals surface area contributed by atoms with Crippen LogP contribution in [0.25, 0.3) is 4.96 Å². The van der Waals surface area contributed by atoms with Gasteiger partial charge in [-0.2, -0.15) is 5.10 Å². The second kappa shape index (κ2) is 4.51. The van der Waals surface area contributed by atoms with Crippen LogP contribution in [0.4, 0.5) is 0 Å². The van der Waals surface area contributed by atoms with Gasteiger partial charge in [0.05, 0.1) is 29.8 Å². The Balaban J connectivity index is 1.81. The van der Waals surface area contributed by atoms with Crippen LogP contribution in [0.5, 0.6) is 0 Å². The molecule has 3 heterocycles. The summed E-state index contributed by atoms with van der Waals surface area (Å²) in [4.78, 5) is 17.1. The van der Waals surface area contributed by atoms with Crippen LogP contribution in [-0.2, 0) is 6.54 Å². The van der Waals surface area contributed by atoms with E-state index >= 15 is 0 Å². The summed E-state index contributed by atoms with van der Waals surface area (Å²) in [5, 5.41) is 8.16. The van der Waals surface area contributed by atoms with Crippen molar-refractivity contribution in [1.82, 2.24) is 19.9 Å². The van der Waals surface area contributed by atoms with E-state index in [0.29, 0.717) is 12.1 Å². The van der Waals surface area contributed by atoms with Crippen molar-refractivity contribution in [2.45, 2.75) is 20.4 Å². The highest BCUT2D eigenvalue weighted by Gasteiger charge is 2.14. The number of carbonyl (C=O) groups is 1. The number of hydrogen-bond donors (Lipinski definition) is 1. The van der Waals surface area contributed by atoms with Crippen molar-refractivity contribution in [3.63, 3.8) is 0 Å². The topological polar surface area (TPSA) is 72.4 Å². The van der Waals surface area contributed by atoms with E-state index in [-0.39, 0.29) is 5.91 Å². The van der Waals surface area contributed by atoms with Gasteiger partial charge in [-0.3, -0.25) is 4.79 Å². The average Bonchev–Trinajstić information content (AvgIpc) is 3.03. The smallest absolute Gasteiger partial charge is 0.254 e. The van der Waals surface area contributed by atoms with Gasteiger partial charge in [0.25, 0.3) is 5.91 Å². The van der Waals surface area contributed by atoms with Crippen molar-refractivity contribution < 1.29 is 9.21 Å². The molecule has 0 fully saturated rings. The molecule has 0 radical (unpaired) electrons. The number of nitrogens with zero attached hydrogens (tertiary/aromatic N) is 3. The van der Waals surface area contributed by atoms with Gasteiger partial charge < -0.3 is 9.73 Å². The fourth-order valence-corrected chi connectivity index (χ4v) is 2.66. The molecule has 6 nitrogen and oxygen atoms in total. The molecular formula is C12H12N4O2S. The van der Waals surface area contributed by atoms with Gasteiger partial charge in [-0.05, 0) is 19.9 Å². The molecule has 19 heavy (non-hydrogen) atoms. The molecule has 98 valence electrons. The third-order valence-corrected chi connectivity index (χ3v) is 3.62. The van der Waals surface area contributed by atoms with E-state index in [9.17, 15) is 4.79 Å². The lowest BCUT2D eigenvalue weighted by molar-refractivity contribution is 0.0949. The Hall–Kier alpha value is -2.15. The van der Waals surface area contributed by atoms with Crippen LogP contribution in [0.15, 0.2) is 23.0 Å². The number of nitrogens with one attached hydrogen (secondary N) is 1. The molecule has 7 heteroatoms. The monoisotopic (exact) mass is 276 g/mol. The minimum atomic E-state index is -0.171. The third kappa shape index (κ3) is 2.12. The molecule has 0 spiro atoms. The van der Waals surface area contributed by atoms with Crippen LogP contribution in [-0.4, -0.2) is 20.5 Å². The fourth-order valence-electron chi connectivity index (χ4n) is 1.85. The van der Waals surface area contributed by atoms with E-state index in [4.69, 9.17) is 4.42 Å². The van der Waals surface area contributed by atoms with Gasteiger partial charge in [0.1, 0.15) is 11.3 Å². The lowest BCUT2D eigenvalue weighted by Gasteiger charge is -2.03. The summed E-state index contributed by atoms with van der Waals surface area (Å²) in [5.74, 6) is -0.171. The van der Waals surface area contributed by atoms with Crippen molar-refractivity contribution >= 4 is 22.2 Å². The summed E-state index contributed by atoms with van der Waals surface area (Å²) < 4.78 is 6.66. The Morgan fingerprint density at radius 2 is 2.37 bits per heavy atom. The maximum Gasteiger partial charge on any atom is 0.254 e. The molecule has 0 saturated carbocycles. The van der Waals surface area contributed by atoms with Crippen LogP contribution in [0, 0.1) is 13.8 Å². The van der Waals surface area contributed by atoms with Crippen LogP contribution in [0.3, 0.4) is 0 Å². The quantitative estimate of drug-likeness (QED) is 0.793. The Kier molecular flexibility index (Phi) is 2.83. The van der Waals surface area contributed by atoms with Gasteiger partial charge in [0, 0.05) is 0 Å². The number of fused-ring (bicyclic) bond motifs is 1. The van der Waals surface area contributed by atoms with E-state index in [1.807, 2.05) is 13.8 Å². The largest absolute Gasteiger partial charge is 0.472 e. The van der Waals surface area contributed by atoms with Crippen LogP contribution in [0.1, 0.15) is 26.8 Å². The van der Waals surface area contributed by atoms with Gasteiger partial charge in [-0.1, -0.05) is 11.3 Å². The van der Waals surface area contributed by atoms with E-state index in [1.54, 1.807) is 10.6 Å². The highest BCUT2D eigenvalue weighted by atomic mass is 32.1. The van der Waals surface area contributed by atoms with Gasteiger partial charge in [-0.25, -0.2) is 9.50 Å². The molecule has 0 aliphatic carbocycles. The average molecular weight is 276 g/mol. The molecule has 0 aliphatic rings. The van der Waals surface area contributed by atoms with Crippen LogP contribution < -0.4 is 5.32 Å². The predicted molar refractivity (Wildman–Crippen MR) is 70.2 cm³/mol. The number of rotatable bonds is 3. The number of carbonyl (C=O) groups excluding carboxylic acids is 1. The SMILES string of the molecule is Cc1nn2c(CNC(=O)c3ccoc3)c(C)nc2s1. The minimum Gasteiger partial charge on any atom is -0.472 e. The van der Waals surface area contributed by atoms with Gasteiger partial charge >= 0.3 is 0 Å². The summed E-state index contributed by atoms with van der Waals surface area (Å²) >= 11 is 1.53. The molecule has 0 saturated heterocycles.